The summed E-state index contributed by atoms with van der Waals surface area (Å²) in [4.78, 5) is 12.7. The highest BCUT2D eigenvalue weighted by molar-refractivity contribution is 7.99. The molecule has 0 aliphatic rings. The second-order valence-electron chi connectivity index (χ2n) is 4.40. The van der Waals surface area contributed by atoms with Gasteiger partial charge in [-0.05, 0) is 33.5 Å². The lowest BCUT2D eigenvalue weighted by Gasteiger charge is -2.11. The quantitative estimate of drug-likeness (QED) is 0.498. The zero-order chi connectivity index (χ0) is 14.3. The van der Waals surface area contributed by atoms with Gasteiger partial charge in [-0.25, -0.2) is 0 Å². The van der Waals surface area contributed by atoms with Gasteiger partial charge in [-0.3, -0.25) is 4.79 Å². The number of aromatic nitrogens is 3. The number of nitrogens with zero attached hydrogens (tertiary/aromatic N) is 4. The Bertz CT molecular complexity index is 409. The number of aliphatic carboxylic acids is 1. The van der Waals surface area contributed by atoms with Crippen LogP contribution >= 0.6 is 11.8 Å². The zero-order valence-electron chi connectivity index (χ0n) is 11.2. The number of aliphatic hydroxyl groups excluding tert-OH is 1. The average Bonchev–Trinajstić information content (AvgIpc) is 2.74. The summed E-state index contributed by atoms with van der Waals surface area (Å²) in [7, 11) is 4.04. The van der Waals surface area contributed by atoms with Crippen molar-refractivity contribution in [3.8, 4) is 0 Å². The van der Waals surface area contributed by atoms with E-state index in [1.165, 1.54) is 0 Å². The van der Waals surface area contributed by atoms with E-state index in [2.05, 4.69) is 15.1 Å². The van der Waals surface area contributed by atoms with Crippen LogP contribution in [0.25, 0.3) is 0 Å². The number of carboxylic acids is 1. The lowest BCUT2D eigenvalue weighted by atomic mass is 10.3. The number of unbranched alkanes of at least 4 members (excludes halogenated alkanes) is 1. The van der Waals surface area contributed by atoms with Gasteiger partial charge < -0.3 is 19.7 Å². The normalized spacial score (nSPS) is 11.2. The molecule has 1 rings (SSSR count). The summed E-state index contributed by atoms with van der Waals surface area (Å²) in [5, 5.41) is 26.2. The first kappa shape index (κ1) is 15.9. The molecule has 0 saturated heterocycles. The van der Waals surface area contributed by atoms with Gasteiger partial charge in [0.2, 0.25) is 0 Å². The van der Waals surface area contributed by atoms with Gasteiger partial charge in [0.15, 0.2) is 11.0 Å². The largest absolute Gasteiger partial charge is 0.481 e. The predicted molar refractivity (Wildman–Crippen MR) is 72.1 cm³/mol. The minimum atomic E-state index is -0.891. The molecule has 108 valence electrons. The van der Waals surface area contributed by atoms with Gasteiger partial charge in [-0.2, -0.15) is 0 Å². The number of rotatable bonds is 9. The predicted octanol–water partition coefficient (Wildman–Crippen LogP) is 0.289. The summed E-state index contributed by atoms with van der Waals surface area (Å²) in [5.74, 6) is -0.461. The topological polar surface area (TPSA) is 91.5 Å². The fourth-order valence-electron chi connectivity index (χ4n) is 1.59. The first-order chi connectivity index (χ1) is 9.04. The summed E-state index contributed by atoms with van der Waals surface area (Å²) in [6.45, 7) is 1.50. The van der Waals surface area contributed by atoms with Crippen LogP contribution in [0.3, 0.4) is 0 Å². The van der Waals surface area contributed by atoms with E-state index < -0.39 is 5.97 Å². The molecule has 0 aromatic carbocycles. The molecule has 7 nitrogen and oxygen atoms in total. The second-order valence-corrected chi connectivity index (χ2v) is 5.34. The van der Waals surface area contributed by atoms with E-state index >= 15 is 0 Å². The number of thioether (sulfide) groups is 1. The van der Waals surface area contributed by atoms with Crippen LogP contribution in [0.2, 0.25) is 0 Å². The van der Waals surface area contributed by atoms with Crippen LogP contribution < -0.4 is 0 Å². The summed E-state index contributed by atoms with van der Waals surface area (Å²) in [5.41, 5.74) is 0. The Morgan fingerprint density at radius 3 is 2.68 bits per heavy atom. The molecule has 19 heavy (non-hydrogen) atoms. The van der Waals surface area contributed by atoms with Crippen molar-refractivity contribution in [2.45, 2.75) is 31.1 Å². The van der Waals surface area contributed by atoms with E-state index in [0.29, 0.717) is 17.5 Å². The fraction of sp³-hybridized carbons (Fsp3) is 0.727. The van der Waals surface area contributed by atoms with Gasteiger partial charge in [0.05, 0.1) is 5.75 Å². The number of aliphatic hydroxyl groups is 1. The minimum Gasteiger partial charge on any atom is -0.481 e. The van der Waals surface area contributed by atoms with Crippen molar-refractivity contribution in [1.82, 2.24) is 19.7 Å². The Balaban J connectivity index is 2.57. The molecule has 0 aliphatic heterocycles. The van der Waals surface area contributed by atoms with Crippen molar-refractivity contribution in [2.24, 2.45) is 0 Å². The van der Waals surface area contributed by atoms with Crippen molar-refractivity contribution in [1.29, 1.82) is 0 Å². The fourth-order valence-corrected chi connectivity index (χ4v) is 2.30. The molecule has 0 amide bonds. The lowest BCUT2D eigenvalue weighted by molar-refractivity contribution is -0.133. The molecule has 2 N–H and O–H groups in total. The highest BCUT2D eigenvalue weighted by Crippen LogP contribution is 2.17. The van der Waals surface area contributed by atoms with Crippen LogP contribution in [-0.4, -0.2) is 62.2 Å². The number of hydrogen-bond acceptors (Lipinski definition) is 6. The maximum Gasteiger partial charge on any atom is 0.313 e. The molecule has 0 fully saturated rings. The van der Waals surface area contributed by atoms with Gasteiger partial charge in [0.25, 0.3) is 0 Å². The van der Waals surface area contributed by atoms with Crippen molar-refractivity contribution >= 4 is 17.7 Å². The van der Waals surface area contributed by atoms with E-state index in [-0.39, 0.29) is 12.4 Å². The van der Waals surface area contributed by atoms with E-state index in [1.807, 2.05) is 14.1 Å². The first-order valence-corrected chi connectivity index (χ1v) is 7.05. The maximum absolute atomic E-state index is 10.6. The maximum atomic E-state index is 10.6. The zero-order valence-corrected chi connectivity index (χ0v) is 12.1. The molecule has 1 heterocycles. The van der Waals surface area contributed by atoms with E-state index in [0.717, 1.165) is 31.1 Å². The Hall–Kier alpha value is -1.12. The van der Waals surface area contributed by atoms with Gasteiger partial charge in [-0.1, -0.05) is 11.8 Å². The molecular weight excluding hydrogens is 268 g/mol. The standard InChI is InChI=1S/C11H20N4O3S/c1-14(2)5-3-4-6-15-9(7-16)12-13-11(15)19-8-10(17)18/h16H,3-8H2,1-2H3,(H,17,18). The number of carboxylic acid groups (broad SMARTS) is 1. The summed E-state index contributed by atoms with van der Waals surface area (Å²) < 4.78 is 1.79. The third kappa shape index (κ3) is 5.58. The van der Waals surface area contributed by atoms with Crippen LogP contribution in [0.15, 0.2) is 5.16 Å². The highest BCUT2D eigenvalue weighted by atomic mass is 32.2. The summed E-state index contributed by atoms with van der Waals surface area (Å²) in [6, 6.07) is 0. The monoisotopic (exact) mass is 288 g/mol. The van der Waals surface area contributed by atoms with E-state index in [4.69, 9.17) is 5.11 Å². The smallest absolute Gasteiger partial charge is 0.313 e. The Kier molecular flexibility index (Phi) is 6.82. The van der Waals surface area contributed by atoms with Crippen molar-refractivity contribution < 1.29 is 15.0 Å². The first-order valence-electron chi connectivity index (χ1n) is 6.07. The Morgan fingerprint density at radius 2 is 2.11 bits per heavy atom. The van der Waals surface area contributed by atoms with Crippen LogP contribution in [0.5, 0.6) is 0 Å². The van der Waals surface area contributed by atoms with Gasteiger partial charge >= 0.3 is 5.97 Å². The third-order valence-corrected chi connectivity index (χ3v) is 3.45. The highest BCUT2D eigenvalue weighted by Gasteiger charge is 2.12. The molecule has 0 aliphatic carbocycles. The molecule has 0 radical (unpaired) electrons. The molecule has 0 bridgehead atoms. The third-order valence-electron chi connectivity index (χ3n) is 2.50. The molecule has 1 aromatic heterocycles. The molecule has 8 heteroatoms. The minimum absolute atomic E-state index is 0.0543. The molecule has 0 saturated carbocycles. The summed E-state index contributed by atoms with van der Waals surface area (Å²) >= 11 is 1.12. The van der Waals surface area contributed by atoms with E-state index in [1.54, 1.807) is 4.57 Å². The molecule has 0 atom stereocenters. The lowest BCUT2D eigenvalue weighted by Crippen LogP contribution is -2.14. The van der Waals surface area contributed by atoms with Crippen LogP contribution in [-0.2, 0) is 17.9 Å². The second kappa shape index (κ2) is 8.13. The van der Waals surface area contributed by atoms with Gasteiger partial charge in [0, 0.05) is 6.54 Å². The number of carbonyl (C=O) groups is 1. The van der Waals surface area contributed by atoms with Crippen LogP contribution in [0.4, 0.5) is 0 Å². The summed E-state index contributed by atoms with van der Waals surface area (Å²) in [6.07, 6.45) is 1.96. The van der Waals surface area contributed by atoms with Gasteiger partial charge in [0.1, 0.15) is 6.61 Å². The molecule has 1 aromatic rings. The van der Waals surface area contributed by atoms with Gasteiger partial charge in [-0.15, -0.1) is 10.2 Å². The SMILES string of the molecule is CN(C)CCCCn1c(CO)nnc1SCC(=O)O. The average molecular weight is 288 g/mol. The van der Waals surface area contributed by atoms with Crippen molar-refractivity contribution in [2.75, 3.05) is 26.4 Å². The van der Waals surface area contributed by atoms with E-state index in [9.17, 15) is 9.90 Å². The van der Waals surface area contributed by atoms with Crippen LogP contribution in [0, 0.1) is 0 Å². The Morgan fingerprint density at radius 1 is 1.37 bits per heavy atom. The molecule has 0 spiro atoms. The van der Waals surface area contributed by atoms with Crippen molar-refractivity contribution in [3.63, 3.8) is 0 Å². The van der Waals surface area contributed by atoms with Crippen LogP contribution in [0.1, 0.15) is 18.7 Å². The molecular formula is C11H20N4O3S. The molecule has 0 unspecified atom stereocenters. The Labute approximate surface area is 116 Å². The van der Waals surface area contributed by atoms with Crippen molar-refractivity contribution in [3.05, 3.63) is 5.82 Å². The number of hydrogen-bond donors (Lipinski definition) is 2.